The van der Waals surface area contributed by atoms with E-state index in [1.807, 2.05) is 0 Å². The Morgan fingerprint density at radius 2 is 0.655 bits per heavy atom. The first-order valence-corrected chi connectivity index (χ1v) is 20.0. The Morgan fingerprint density at radius 3 is 1.31 bits per heavy atom. The fourth-order valence-corrected chi connectivity index (χ4v) is 10.0. The van der Waals surface area contributed by atoms with Gasteiger partial charge in [0.15, 0.2) is 0 Å². The van der Waals surface area contributed by atoms with Gasteiger partial charge in [0.25, 0.3) is 0 Å². The number of hydrogen-bond donors (Lipinski definition) is 0. The van der Waals surface area contributed by atoms with Crippen LogP contribution < -0.4 is 0 Å². The molecule has 0 radical (unpaired) electrons. The minimum atomic E-state index is 1.14. The zero-order valence-electron chi connectivity index (χ0n) is 31.4. The van der Waals surface area contributed by atoms with Crippen LogP contribution >= 0.6 is 0 Å². The summed E-state index contributed by atoms with van der Waals surface area (Å²) in [6.45, 7) is 0. The number of fused-ring (bicyclic) bond motifs is 12. The first-order valence-electron chi connectivity index (χ1n) is 20.0. The van der Waals surface area contributed by atoms with E-state index in [9.17, 15) is 0 Å². The Balaban J connectivity index is 1.09. The van der Waals surface area contributed by atoms with Crippen molar-refractivity contribution in [1.82, 2.24) is 18.3 Å². The van der Waals surface area contributed by atoms with E-state index in [4.69, 9.17) is 0 Å². The number of hydrogen-bond acceptors (Lipinski definition) is 0. The number of benzene rings is 9. The fourth-order valence-electron chi connectivity index (χ4n) is 10.0. The van der Waals surface area contributed by atoms with Gasteiger partial charge < -0.3 is 18.3 Å². The molecular formula is C54H34N4. The Hall–Kier alpha value is -7.82. The summed E-state index contributed by atoms with van der Waals surface area (Å²) in [4.78, 5) is 0. The van der Waals surface area contributed by atoms with Gasteiger partial charge >= 0.3 is 0 Å². The Bertz CT molecular complexity index is 3740. The van der Waals surface area contributed by atoms with Gasteiger partial charge in [-0.1, -0.05) is 127 Å². The Kier molecular flexibility index (Phi) is 6.41. The maximum Gasteiger partial charge on any atom is 0.0782 e. The van der Waals surface area contributed by atoms with Gasteiger partial charge in [0.1, 0.15) is 0 Å². The molecule has 0 aliphatic carbocycles. The lowest BCUT2D eigenvalue weighted by Gasteiger charge is -2.14. The summed E-state index contributed by atoms with van der Waals surface area (Å²) in [7, 11) is 0. The summed E-state index contributed by atoms with van der Waals surface area (Å²) in [6, 6.07) is 75.4. The molecular weight excluding hydrogens is 705 g/mol. The van der Waals surface area contributed by atoms with Crippen LogP contribution in [0.5, 0.6) is 0 Å². The highest BCUT2D eigenvalue weighted by atomic mass is 15.1. The zero-order valence-corrected chi connectivity index (χ0v) is 31.4. The van der Waals surface area contributed by atoms with E-state index in [0.717, 1.165) is 17.1 Å². The van der Waals surface area contributed by atoms with Crippen molar-refractivity contribution < 1.29 is 0 Å². The van der Waals surface area contributed by atoms with Crippen LogP contribution in [0.15, 0.2) is 206 Å². The molecule has 270 valence electrons. The van der Waals surface area contributed by atoms with Crippen molar-refractivity contribution >= 4 is 87.2 Å². The van der Waals surface area contributed by atoms with Crippen molar-refractivity contribution in [3.05, 3.63) is 206 Å². The number of para-hydroxylation sites is 7. The third-order valence-electron chi connectivity index (χ3n) is 12.3. The molecule has 0 aliphatic rings. The largest absolute Gasteiger partial charge is 0.309 e. The standard InChI is InChI=1S/C54H34N4/c1-2-16-35(17-3-1)56-44-24-9-6-20-39(44)41-23-14-31-52(54(41)56)58-47-27-12-7-21-40(47)43-34-36(32-33-49(43)58)55-48-28-13-8-22-42(48)53-50(55)29-15-30-51(53)57-45-25-10-4-18-37(45)38-19-5-11-26-46(38)57/h1-34H. The molecule has 0 unspecified atom stereocenters. The SMILES string of the molecule is c1ccc(-n2c3ccccc3c3cccc(-n4c5ccccc5c5cc(-n6c7ccccc7c7c(-n8c9ccccc9c9ccccc98)cccc76)ccc54)c32)cc1. The third-order valence-corrected chi connectivity index (χ3v) is 12.3. The molecule has 0 N–H and O–H groups in total. The summed E-state index contributed by atoms with van der Waals surface area (Å²) in [5, 5.41) is 9.94. The van der Waals surface area contributed by atoms with Crippen molar-refractivity contribution in [3.8, 4) is 22.7 Å². The predicted molar refractivity (Wildman–Crippen MR) is 244 cm³/mol. The van der Waals surface area contributed by atoms with Crippen LogP contribution in [0, 0.1) is 0 Å². The molecule has 0 aliphatic heterocycles. The topological polar surface area (TPSA) is 19.7 Å². The van der Waals surface area contributed by atoms with E-state index < -0.39 is 0 Å². The molecule has 4 nitrogen and oxygen atoms in total. The van der Waals surface area contributed by atoms with E-state index >= 15 is 0 Å². The smallest absolute Gasteiger partial charge is 0.0782 e. The summed E-state index contributed by atoms with van der Waals surface area (Å²) in [6.07, 6.45) is 0. The molecule has 58 heavy (non-hydrogen) atoms. The van der Waals surface area contributed by atoms with Crippen molar-refractivity contribution in [2.45, 2.75) is 0 Å². The number of aromatic nitrogens is 4. The van der Waals surface area contributed by atoms with Crippen molar-refractivity contribution in [1.29, 1.82) is 0 Å². The van der Waals surface area contributed by atoms with Crippen LogP contribution in [0.2, 0.25) is 0 Å². The average Bonchev–Trinajstić information content (AvgIpc) is 4.02. The summed E-state index contributed by atoms with van der Waals surface area (Å²) in [5.41, 5.74) is 14.2. The summed E-state index contributed by atoms with van der Waals surface area (Å²) < 4.78 is 9.82. The molecule has 4 heterocycles. The molecule has 0 saturated carbocycles. The van der Waals surface area contributed by atoms with Gasteiger partial charge in [0.05, 0.1) is 55.5 Å². The zero-order chi connectivity index (χ0) is 37.9. The van der Waals surface area contributed by atoms with Gasteiger partial charge in [-0.05, 0) is 78.9 Å². The van der Waals surface area contributed by atoms with Crippen LogP contribution in [0.1, 0.15) is 0 Å². The summed E-state index contributed by atoms with van der Waals surface area (Å²) in [5.74, 6) is 0. The monoisotopic (exact) mass is 738 g/mol. The van der Waals surface area contributed by atoms with E-state index in [-0.39, 0.29) is 0 Å². The van der Waals surface area contributed by atoms with Gasteiger partial charge in [-0.25, -0.2) is 0 Å². The number of rotatable bonds is 4. The molecule has 4 heteroatoms. The van der Waals surface area contributed by atoms with Crippen molar-refractivity contribution in [3.63, 3.8) is 0 Å². The second-order valence-corrected chi connectivity index (χ2v) is 15.3. The minimum Gasteiger partial charge on any atom is -0.309 e. The van der Waals surface area contributed by atoms with Crippen LogP contribution in [0.3, 0.4) is 0 Å². The van der Waals surface area contributed by atoms with Gasteiger partial charge in [-0.2, -0.15) is 0 Å². The third kappa shape index (κ3) is 4.18. The normalized spacial score (nSPS) is 12.1. The quantitative estimate of drug-likeness (QED) is 0.171. The molecule has 0 amide bonds. The molecule has 13 aromatic rings. The molecule has 4 aromatic heterocycles. The van der Waals surface area contributed by atoms with Gasteiger partial charge in [-0.3, -0.25) is 0 Å². The molecule has 0 spiro atoms. The molecule has 0 bridgehead atoms. The minimum absolute atomic E-state index is 1.14. The van der Waals surface area contributed by atoms with E-state index in [2.05, 4.69) is 225 Å². The lowest BCUT2D eigenvalue weighted by molar-refractivity contribution is 1.13. The van der Waals surface area contributed by atoms with E-state index in [1.165, 1.54) is 92.9 Å². The van der Waals surface area contributed by atoms with Crippen molar-refractivity contribution in [2.75, 3.05) is 0 Å². The molecule has 0 atom stereocenters. The highest BCUT2D eigenvalue weighted by Crippen LogP contribution is 2.43. The van der Waals surface area contributed by atoms with Crippen LogP contribution in [-0.4, -0.2) is 18.3 Å². The van der Waals surface area contributed by atoms with Gasteiger partial charge in [-0.15, -0.1) is 0 Å². The molecule has 9 aromatic carbocycles. The maximum atomic E-state index is 2.47. The lowest BCUT2D eigenvalue weighted by atomic mass is 10.1. The van der Waals surface area contributed by atoms with Crippen molar-refractivity contribution in [2.24, 2.45) is 0 Å². The second-order valence-electron chi connectivity index (χ2n) is 15.3. The van der Waals surface area contributed by atoms with E-state index in [0.29, 0.717) is 0 Å². The average molecular weight is 739 g/mol. The lowest BCUT2D eigenvalue weighted by Crippen LogP contribution is -2.00. The first-order chi connectivity index (χ1) is 28.8. The second kappa shape index (κ2) is 11.8. The highest BCUT2D eigenvalue weighted by Gasteiger charge is 2.22. The van der Waals surface area contributed by atoms with E-state index in [1.54, 1.807) is 0 Å². The summed E-state index contributed by atoms with van der Waals surface area (Å²) >= 11 is 0. The van der Waals surface area contributed by atoms with Crippen LogP contribution in [-0.2, 0) is 0 Å². The fraction of sp³-hybridized carbons (Fsp3) is 0. The van der Waals surface area contributed by atoms with Gasteiger partial charge in [0.2, 0.25) is 0 Å². The Labute approximate surface area is 333 Å². The molecule has 0 fully saturated rings. The maximum absolute atomic E-state index is 2.47. The van der Waals surface area contributed by atoms with Gasteiger partial charge in [0, 0.05) is 54.5 Å². The number of nitrogens with zero attached hydrogens (tertiary/aromatic N) is 4. The predicted octanol–water partition coefficient (Wildman–Crippen LogP) is 14.1. The van der Waals surface area contributed by atoms with Crippen LogP contribution in [0.4, 0.5) is 0 Å². The Morgan fingerprint density at radius 1 is 0.224 bits per heavy atom. The molecule has 13 rings (SSSR count). The highest BCUT2D eigenvalue weighted by molar-refractivity contribution is 6.18. The van der Waals surface area contributed by atoms with Crippen LogP contribution in [0.25, 0.3) is 110 Å². The first kappa shape index (κ1) is 31.4. The molecule has 0 saturated heterocycles.